The molecule has 141 heavy (non-hydrogen) atoms. The molecule has 27 nitrogen and oxygen atoms in total. The molecule has 3 aromatic carbocycles. The van der Waals surface area contributed by atoms with Gasteiger partial charge < -0.3 is 54.9 Å². The summed E-state index contributed by atoms with van der Waals surface area (Å²) in [6, 6.07) is 28.7. The first-order valence-corrected chi connectivity index (χ1v) is 48.9. The van der Waals surface area contributed by atoms with Gasteiger partial charge in [0.25, 0.3) is 11.1 Å². The van der Waals surface area contributed by atoms with Crippen LogP contribution in [0, 0.1) is 78.1 Å². The number of aromatic nitrogens is 6. The number of hydrogen-bond donors (Lipinski definition) is 5. The molecule has 12 rings (SSSR count). The van der Waals surface area contributed by atoms with E-state index in [1.807, 2.05) is 163 Å². The molecule has 5 N–H and O–H groups in total. The normalized spacial score (nSPS) is 16.0. The number of nitrogens with zero attached hydrogens (tertiary/aromatic N) is 9. The van der Waals surface area contributed by atoms with Gasteiger partial charge in [0.05, 0.1) is 60.6 Å². The highest BCUT2D eigenvalue weighted by Crippen LogP contribution is 2.39. The van der Waals surface area contributed by atoms with Crippen LogP contribution >= 0.6 is 0 Å². The summed E-state index contributed by atoms with van der Waals surface area (Å²) < 4.78 is 48.4. The first-order chi connectivity index (χ1) is 66.6. The number of Topliss-reactive ketones (excluding diaryl/α,β-unsaturated/α-hetero) is 3. The van der Waals surface area contributed by atoms with Crippen LogP contribution in [0.4, 0.5) is 18.9 Å². The maximum Gasteiger partial charge on any atom is 0.392 e. The number of rotatable bonds is 36. The molecule has 9 atom stereocenters. The van der Waals surface area contributed by atoms with E-state index in [0.29, 0.717) is 62.9 Å². The number of amides is 6. The molecule has 0 bridgehead atoms. The molecule has 756 valence electrons. The van der Waals surface area contributed by atoms with Gasteiger partial charge in [-0.05, 0) is 266 Å². The number of aryl methyl sites for hydroxylation is 7. The predicted molar refractivity (Wildman–Crippen MR) is 541 cm³/mol. The number of carbonyl (C=O) groups excluding carboxylic acids is 9. The van der Waals surface area contributed by atoms with Gasteiger partial charge in [-0.3, -0.25) is 77.5 Å². The van der Waals surface area contributed by atoms with Crippen molar-refractivity contribution in [3.63, 3.8) is 0 Å². The Kier molecular flexibility index (Phi) is 40.7. The molecule has 9 aromatic rings. The fourth-order valence-electron chi connectivity index (χ4n) is 18.7. The smallest absolute Gasteiger partial charge is 0.392 e. The minimum absolute atomic E-state index is 0.0131. The first kappa shape index (κ1) is 112. The third-order valence-electron chi connectivity index (χ3n) is 25.5. The van der Waals surface area contributed by atoms with E-state index in [2.05, 4.69) is 85.9 Å². The van der Waals surface area contributed by atoms with Gasteiger partial charge in [-0.15, -0.1) is 0 Å². The van der Waals surface area contributed by atoms with Crippen LogP contribution in [0.2, 0.25) is 0 Å². The SMILES string of the molecule is CC(=O)C[C@H](NC(=O)[C@@H](CC(C)C)n1ccc(C)cc1=O)c1cncc(N2CCOC(C)(C)C2)c1.CC(=O)C[C@H](NC(=O)[C@H](CC(C)C)N1CC[C@H](C(F)(F)F)CC1=O)c1cncc(-c2c(C)cccc2C)c1.CC(=O)C[C@H](NC(=O)[C@H](CC(C)C)n1ccccc1=O)c1cncc(-c2c(C)cccc2C)c1.Cc1cccc(C)c1-c1cncc([C@@H](CC(=O)O)NC(=O)C(CC(C)C)N2CCCCC2=O)c1. The Bertz CT molecular complexity index is 5950. The number of piperidine rings is 2. The van der Waals surface area contributed by atoms with E-state index < -0.39 is 84.6 Å². The van der Waals surface area contributed by atoms with Crippen LogP contribution < -0.4 is 37.3 Å². The zero-order chi connectivity index (χ0) is 104. The molecule has 3 fully saturated rings. The number of morpholine rings is 1. The van der Waals surface area contributed by atoms with Gasteiger partial charge >= 0.3 is 12.1 Å². The lowest BCUT2D eigenvalue weighted by molar-refractivity contribution is -0.191. The molecular formula is C111H142F3N13O14. The summed E-state index contributed by atoms with van der Waals surface area (Å²) in [5.74, 6) is -4.39. The number of carboxylic acids is 1. The molecule has 0 radical (unpaired) electrons. The number of aliphatic carboxylic acids is 1. The topological polar surface area (TPSA) is 354 Å². The number of ether oxygens (including phenoxy) is 1. The number of carboxylic acid groups (broad SMARTS) is 1. The van der Waals surface area contributed by atoms with Crippen molar-refractivity contribution in [3.8, 4) is 33.4 Å². The predicted octanol–water partition coefficient (Wildman–Crippen LogP) is 18.7. The minimum atomic E-state index is -4.45. The van der Waals surface area contributed by atoms with E-state index in [1.165, 1.54) is 46.9 Å². The van der Waals surface area contributed by atoms with Crippen molar-refractivity contribution in [3.05, 3.63) is 253 Å². The molecule has 6 amide bonds. The molecule has 3 saturated heterocycles. The van der Waals surface area contributed by atoms with Crippen molar-refractivity contribution in [1.82, 2.24) is 60.1 Å². The number of ketones is 3. The van der Waals surface area contributed by atoms with Gasteiger partial charge in [-0.1, -0.05) is 116 Å². The molecule has 1 unspecified atom stereocenters. The molecule has 6 aromatic heterocycles. The zero-order valence-corrected chi connectivity index (χ0v) is 85.3. The van der Waals surface area contributed by atoms with Crippen molar-refractivity contribution in [1.29, 1.82) is 0 Å². The molecule has 9 heterocycles. The number of anilines is 1. The second-order valence-electron chi connectivity index (χ2n) is 40.2. The Morgan fingerprint density at radius 2 is 0.816 bits per heavy atom. The fourth-order valence-corrected chi connectivity index (χ4v) is 18.7. The molecular weight excluding hydrogens is 1800 g/mol. The molecule has 0 spiro atoms. The lowest BCUT2D eigenvalue weighted by Gasteiger charge is -2.39. The number of pyridine rings is 6. The van der Waals surface area contributed by atoms with Crippen LogP contribution in [-0.2, 0) is 52.7 Å². The van der Waals surface area contributed by atoms with E-state index >= 15 is 0 Å². The quantitative estimate of drug-likeness (QED) is 0.0243. The third kappa shape index (κ3) is 32.5. The second-order valence-corrected chi connectivity index (χ2v) is 40.2. The summed E-state index contributed by atoms with van der Waals surface area (Å²) >= 11 is 0. The van der Waals surface area contributed by atoms with E-state index in [0.717, 1.165) is 109 Å². The van der Waals surface area contributed by atoms with Crippen LogP contribution in [0.25, 0.3) is 33.4 Å². The van der Waals surface area contributed by atoms with Crippen molar-refractivity contribution in [2.24, 2.45) is 29.6 Å². The van der Waals surface area contributed by atoms with Gasteiger partial charge in [0, 0.05) is 143 Å². The summed E-state index contributed by atoms with van der Waals surface area (Å²) in [5, 5.41) is 21.5. The number of hydrogen-bond acceptors (Lipinski definition) is 18. The van der Waals surface area contributed by atoms with E-state index in [1.54, 1.807) is 79.0 Å². The highest BCUT2D eigenvalue weighted by molar-refractivity contribution is 5.91. The molecule has 0 saturated carbocycles. The number of carbonyl (C=O) groups is 10. The van der Waals surface area contributed by atoms with Crippen LogP contribution in [0.3, 0.4) is 0 Å². The third-order valence-corrected chi connectivity index (χ3v) is 25.5. The number of alkyl halides is 3. The fraction of sp³-hybridized carbons (Fsp3) is 0.477. The van der Waals surface area contributed by atoms with Gasteiger partial charge in [-0.25, -0.2) is 0 Å². The largest absolute Gasteiger partial charge is 0.481 e. The molecule has 3 aliphatic rings. The standard InChI is InChI=1S/C29H36F3N3O3.C28H33N3O3.C27H38N4O4.C27H35N3O4/c1-17(2)11-25(35-10-9-23(14-26(35)37)29(30,31)32)28(38)34-24(12-20(5)36)21-13-22(16-33-15-21)27-18(3)7-6-8-19(27)4;1-18(2)13-25(31-12-7-6-11-26(31)33)28(34)30-24(14-21(5)32)22-15-23(17-29-16-22)27-19(3)9-8-10-20(27)4;1-18(2)11-24(31-8-7-19(3)12-25(31)33)26(34)29-23(13-20(4)32)21-14-22(16-28-15-21)30-9-10-35-27(5,6)17-30;1-17(2)12-23(30-11-6-5-10-24(30)31)27(34)29-22(14-25(32)33)20-13-21(16-28-15-20)26-18(3)8-7-9-19(26)4/h6-8,13,15-17,23-25H,9-12,14H2,1-5H3,(H,34,38);6-12,15-18,24-25H,13-14H2,1-5H3,(H,30,34);7-8,12,14-16,18,23-24H,9-11,13,17H2,1-6H3,(H,29,34);7-9,13,15-17,22-23H,5-6,10-12,14H2,1-4H3,(H,29,34)(H,32,33)/t23-,24-,25-;24-,25-;23-,24+;22-,23?/m0001/s1. The number of nitrogens with one attached hydrogen (secondary N) is 4. The Hall–Kier alpha value is -13.0. The monoisotopic (exact) mass is 1940 g/mol. The van der Waals surface area contributed by atoms with Gasteiger partial charge in [-0.2, -0.15) is 13.2 Å². The van der Waals surface area contributed by atoms with Gasteiger partial charge in [0.2, 0.25) is 35.4 Å². The van der Waals surface area contributed by atoms with E-state index in [4.69, 9.17) is 4.74 Å². The highest BCUT2D eigenvalue weighted by Gasteiger charge is 2.47. The average Bonchev–Trinajstić information content (AvgIpc) is 0.804. The summed E-state index contributed by atoms with van der Waals surface area (Å²) in [6.07, 6.45) is 15.6. The highest BCUT2D eigenvalue weighted by atomic mass is 19.4. The van der Waals surface area contributed by atoms with E-state index in [9.17, 15) is 75.8 Å². The van der Waals surface area contributed by atoms with Crippen LogP contribution in [0.5, 0.6) is 0 Å². The minimum Gasteiger partial charge on any atom is -0.481 e. The number of benzene rings is 3. The molecule has 30 heteroatoms. The van der Waals surface area contributed by atoms with Crippen molar-refractivity contribution in [2.45, 2.75) is 282 Å². The lowest BCUT2D eigenvalue weighted by Crippen LogP contribution is -2.54. The van der Waals surface area contributed by atoms with Gasteiger partial charge in [0.15, 0.2) is 0 Å². The Labute approximate surface area is 826 Å². The zero-order valence-electron chi connectivity index (χ0n) is 85.3. The summed E-state index contributed by atoms with van der Waals surface area (Å²) in [4.78, 5) is 175. The second kappa shape index (κ2) is 51.4. The number of halogens is 3. The lowest BCUT2D eigenvalue weighted by atomic mass is 9.91. The van der Waals surface area contributed by atoms with Crippen molar-refractivity contribution < 1.29 is 71.0 Å². The molecule has 0 aliphatic carbocycles. The van der Waals surface area contributed by atoms with Gasteiger partial charge in [0.1, 0.15) is 41.5 Å². The maximum absolute atomic E-state index is 13.6. The van der Waals surface area contributed by atoms with Crippen molar-refractivity contribution in [2.75, 3.05) is 37.7 Å². The van der Waals surface area contributed by atoms with Crippen LogP contribution in [0.1, 0.15) is 271 Å². The Morgan fingerprint density at radius 1 is 0.440 bits per heavy atom. The average molecular weight is 1940 g/mol. The van der Waals surface area contributed by atoms with Crippen molar-refractivity contribution >= 4 is 64.4 Å². The van der Waals surface area contributed by atoms with Crippen LogP contribution in [-0.4, -0.2) is 159 Å². The van der Waals surface area contributed by atoms with E-state index in [-0.39, 0.29) is 120 Å². The molecule has 3 aliphatic heterocycles. The first-order valence-electron chi connectivity index (χ1n) is 48.9. The number of likely N-dealkylation sites (tertiary alicyclic amines) is 2. The van der Waals surface area contributed by atoms with Crippen LogP contribution in [0.15, 0.2) is 181 Å². The Balaban J connectivity index is 0.000000210. The maximum atomic E-state index is 13.6. The Morgan fingerprint density at radius 3 is 1.18 bits per heavy atom. The summed E-state index contributed by atoms with van der Waals surface area (Å²) in [5.41, 5.74) is 16.2. The summed E-state index contributed by atoms with van der Waals surface area (Å²) in [7, 11) is 0. The summed E-state index contributed by atoms with van der Waals surface area (Å²) in [6.45, 7) is 40.9.